The molecule has 6 nitrogen and oxygen atoms in total. The van der Waals surface area contributed by atoms with Crippen molar-refractivity contribution in [1.82, 2.24) is 4.90 Å². The number of imide groups is 1. The van der Waals surface area contributed by atoms with Crippen molar-refractivity contribution >= 4 is 17.5 Å². The second-order valence-electron chi connectivity index (χ2n) is 4.50. The fourth-order valence-electron chi connectivity index (χ4n) is 1.91. The highest BCUT2D eigenvalue weighted by molar-refractivity contribution is 6.17. The van der Waals surface area contributed by atoms with E-state index in [0.29, 0.717) is 5.69 Å². The number of carbonyl (C=O) groups is 2. The number of aliphatic hydroxyl groups is 2. The summed E-state index contributed by atoms with van der Waals surface area (Å²) in [5.41, 5.74) is 1.58. The summed E-state index contributed by atoms with van der Waals surface area (Å²) >= 11 is 0. The first-order valence-corrected chi connectivity index (χ1v) is 6.26. The third-order valence-corrected chi connectivity index (χ3v) is 3.01. The predicted octanol–water partition coefficient (Wildman–Crippen LogP) is 0.397. The van der Waals surface area contributed by atoms with Crippen LogP contribution in [0.1, 0.15) is 18.6 Å². The zero-order valence-electron chi connectivity index (χ0n) is 11.0. The lowest BCUT2D eigenvalue weighted by atomic mass is 10.1. The van der Waals surface area contributed by atoms with Crippen molar-refractivity contribution in [2.75, 3.05) is 18.5 Å². The van der Waals surface area contributed by atoms with E-state index >= 15 is 0 Å². The molecule has 1 aliphatic rings. The Kier molecular flexibility index (Phi) is 4.16. The first kappa shape index (κ1) is 14.2. The molecule has 2 rings (SSSR count). The van der Waals surface area contributed by atoms with E-state index in [9.17, 15) is 14.7 Å². The molecule has 1 atom stereocenters. The van der Waals surface area contributed by atoms with Gasteiger partial charge in [0.15, 0.2) is 0 Å². The van der Waals surface area contributed by atoms with E-state index in [-0.39, 0.29) is 18.8 Å². The van der Waals surface area contributed by atoms with Crippen LogP contribution in [-0.4, -0.2) is 40.1 Å². The molecule has 3 N–H and O–H groups in total. The van der Waals surface area contributed by atoms with Crippen molar-refractivity contribution in [3.63, 3.8) is 0 Å². The van der Waals surface area contributed by atoms with Gasteiger partial charge in [0.1, 0.15) is 5.70 Å². The zero-order valence-corrected chi connectivity index (χ0v) is 11.0. The van der Waals surface area contributed by atoms with Crippen LogP contribution in [0.5, 0.6) is 0 Å². The smallest absolute Gasteiger partial charge is 0.277 e. The number of rotatable bonds is 5. The van der Waals surface area contributed by atoms with Gasteiger partial charge in [-0.3, -0.25) is 14.5 Å². The van der Waals surface area contributed by atoms with Crippen molar-refractivity contribution in [3.8, 4) is 0 Å². The van der Waals surface area contributed by atoms with Gasteiger partial charge in [0, 0.05) is 11.8 Å². The van der Waals surface area contributed by atoms with Crippen LogP contribution in [0.2, 0.25) is 0 Å². The molecule has 106 valence electrons. The number of carbonyl (C=O) groups excluding carboxylic acids is 2. The molecule has 1 heterocycles. The molecule has 0 aliphatic carbocycles. The van der Waals surface area contributed by atoms with Crippen molar-refractivity contribution in [2.24, 2.45) is 0 Å². The summed E-state index contributed by atoms with van der Waals surface area (Å²) in [5.74, 6) is -0.893. The Morgan fingerprint density at radius 3 is 2.45 bits per heavy atom. The third kappa shape index (κ3) is 2.87. The highest BCUT2D eigenvalue weighted by atomic mass is 16.3. The van der Waals surface area contributed by atoms with Crippen LogP contribution in [0.3, 0.4) is 0 Å². The molecule has 0 radical (unpaired) electrons. The highest BCUT2D eigenvalue weighted by Crippen LogP contribution is 2.19. The summed E-state index contributed by atoms with van der Waals surface area (Å²) in [5, 5.41) is 21.1. The summed E-state index contributed by atoms with van der Waals surface area (Å²) in [4.78, 5) is 24.5. The van der Waals surface area contributed by atoms with Crippen LogP contribution in [-0.2, 0) is 9.59 Å². The lowest BCUT2D eigenvalue weighted by molar-refractivity contribution is -0.137. The first-order chi connectivity index (χ1) is 9.52. The van der Waals surface area contributed by atoms with Crippen molar-refractivity contribution in [2.45, 2.75) is 13.0 Å². The molecule has 20 heavy (non-hydrogen) atoms. The maximum Gasteiger partial charge on any atom is 0.277 e. The molecule has 6 heteroatoms. The van der Waals surface area contributed by atoms with E-state index in [1.54, 1.807) is 31.2 Å². The van der Waals surface area contributed by atoms with Gasteiger partial charge in [-0.2, -0.15) is 0 Å². The van der Waals surface area contributed by atoms with Gasteiger partial charge in [-0.05, 0) is 24.6 Å². The molecule has 1 aromatic carbocycles. The van der Waals surface area contributed by atoms with Gasteiger partial charge in [0.25, 0.3) is 11.8 Å². The number of hydrogen-bond acceptors (Lipinski definition) is 5. The maximum atomic E-state index is 11.9. The second kappa shape index (κ2) is 5.85. The number of amides is 2. The minimum atomic E-state index is -0.557. The Labute approximate surface area is 116 Å². The molecule has 1 unspecified atom stereocenters. The van der Waals surface area contributed by atoms with E-state index in [2.05, 4.69) is 5.32 Å². The van der Waals surface area contributed by atoms with Gasteiger partial charge in [-0.1, -0.05) is 12.1 Å². The lowest BCUT2D eigenvalue weighted by Gasteiger charge is -2.13. The Bertz CT molecular complexity index is 549. The van der Waals surface area contributed by atoms with Crippen LogP contribution in [0.25, 0.3) is 0 Å². The average Bonchev–Trinajstić information content (AvgIpc) is 2.67. The monoisotopic (exact) mass is 276 g/mol. The Morgan fingerprint density at radius 2 is 1.90 bits per heavy atom. The van der Waals surface area contributed by atoms with Crippen LogP contribution in [0, 0.1) is 0 Å². The summed E-state index contributed by atoms with van der Waals surface area (Å²) in [6.07, 6.45) is 0.651. The molecule has 0 bridgehead atoms. The van der Waals surface area contributed by atoms with Crippen molar-refractivity contribution in [3.05, 3.63) is 41.6 Å². The summed E-state index contributed by atoms with van der Waals surface area (Å²) in [6.45, 7) is 1.39. The molecule has 0 fully saturated rings. The zero-order chi connectivity index (χ0) is 14.7. The van der Waals surface area contributed by atoms with Crippen LogP contribution >= 0.6 is 0 Å². The Morgan fingerprint density at radius 1 is 1.25 bits per heavy atom. The molecule has 0 aromatic heterocycles. The van der Waals surface area contributed by atoms with Crippen LogP contribution in [0.4, 0.5) is 5.69 Å². The SMILES string of the molecule is CC(O)c1ccc(NC2=CC(=O)N(CCO)C2=O)cc1. The largest absolute Gasteiger partial charge is 0.395 e. The highest BCUT2D eigenvalue weighted by Gasteiger charge is 2.30. The first-order valence-electron chi connectivity index (χ1n) is 6.26. The van der Waals surface area contributed by atoms with Crippen molar-refractivity contribution in [1.29, 1.82) is 0 Å². The number of nitrogens with one attached hydrogen (secondary N) is 1. The normalized spacial score (nSPS) is 16.4. The van der Waals surface area contributed by atoms with Crippen molar-refractivity contribution < 1.29 is 19.8 Å². The predicted molar refractivity (Wildman–Crippen MR) is 72.6 cm³/mol. The fraction of sp³-hybridized carbons (Fsp3) is 0.286. The standard InChI is InChI=1S/C14H16N2O4/c1-9(18)10-2-4-11(5-3-10)15-12-8-13(19)16(6-7-17)14(12)20/h2-5,8-9,15,17-18H,6-7H2,1H3. The van der Waals surface area contributed by atoms with Crippen LogP contribution < -0.4 is 5.32 Å². The molecule has 0 spiro atoms. The summed E-state index contributed by atoms with van der Waals surface area (Å²) in [6, 6.07) is 6.91. The number of benzene rings is 1. The van der Waals surface area contributed by atoms with Gasteiger partial charge < -0.3 is 15.5 Å². The van der Waals surface area contributed by atoms with Gasteiger partial charge >= 0.3 is 0 Å². The maximum absolute atomic E-state index is 11.9. The molecule has 1 aliphatic heterocycles. The van der Waals surface area contributed by atoms with E-state index in [0.717, 1.165) is 10.5 Å². The Hall–Kier alpha value is -2.18. The molecule has 2 amide bonds. The summed E-state index contributed by atoms with van der Waals surface area (Å²) < 4.78 is 0. The molecular formula is C14H16N2O4. The van der Waals surface area contributed by atoms with E-state index in [1.807, 2.05) is 0 Å². The number of hydrogen-bond donors (Lipinski definition) is 3. The topological polar surface area (TPSA) is 89.9 Å². The molecular weight excluding hydrogens is 260 g/mol. The van der Waals surface area contributed by atoms with Gasteiger partial charge in [0.05, 0.1) is 19.3 Å². The minimum absolute atomic E-state index is 0.0136. The number of β-amino-alcohol motifs (C(OH)–C–C–N with tert-alkyl or cyclic N) is 1. The van der Waals surface area contributed by atoms with E-state index in [4.69, 9.17) is 5.11 Å². The Balaban J connectivity index is 2.09. The van der Waals surface area contributed by atoms with E-state index in [1.165, 1.54) is 6.08 Å². The average molecular weight is 276 g/mol. The number of aliphatic hydroxyl groups excluding tert-OH is 2. The lowest BCUT2D eigenvalue weighted by Crippen LogP contribution is -2.34. The molecule has 0 saturated carbocycles. The van der Waals surface area contributed by atoms with Crippen LogP contribution in [0.15, 0.2) is 36.0 Å². The minimum Gasteiger partial charge on any atom is -0.395 e. The number of anilines is 1. The molecule has 0 saturated heterocycles. The van der Waals surface area contributed by atoms with Gasteiger partial charge in [-0.25, -0.2) is 0 Å². The van der Waals surface area contributed by atoms with E-state index < -0.39 is 17.9 Å². The third-order valence-electron chi connectivity index (χ3n) is 3.01. The van der Waals surface area contributed by atoms with Gasteiger partial charge in [0.2, 0.25) is 0 Å². The fourth-order valence-corrected chi connectivity index (χ4v) is 1.91. The molecule has 1 aromatic rings. The quantitative estimate of drug-likeness (QED) is 0.677. The number of nitrogens with zero attached hydrogens (tertiary/aromatic N) is 1. The second-order valence-corrected chi connectivity index (χ2v) is 4.50. The summed E-state index contributed by atoms with van der Waals surface area (Å²) in [7, 11) is 0. The van der Waals surface area contributed by atoms with Gasteiger partial charge in [-0.15, -0.1) is 0 Å².